The van der Waals surface area contributed by atoms with E-state index in [1.807, 2.05) is 0 Å². The molecule has 0 radical (unpaired) electrons. The van der Waals surface area contributed by atoms with E-state index in [4.69, 9.17) is 47.6 Å². The first kappa shape index (κ1) is 31.4. The fraction of sp³-hybridized carbons (Fsp3) is 0.955. The van der Waals surface area contributed by atoms with Crippen LogP contribution in [0.25, 0.3) is 0 Å². The summed E-state index contributed by atoms with van der Waals surface area (Å²) in [6, 6.07) is -3.54. The first-order chi connectivity index (χ1) is 18.0. The number of hydrogen-bond donors (Lipinski definition) is 11. The molecule has 1 amide bonds. The summed E-state index contributed by atoms with van der Waals surface area (Å²) in [6.45, 7) is -0.296. The summed E-state index contributed by atoms with van der Waals surface area (Å²) in [5.74, 6) is -0.762. The molecule has 1 aliphatic carbocycles. The zero-order valence-corrected chi connectivity index (χ0v) is 21.2. The molecule has 0 spiro atoms. The Bertz CT molecular complexity index is 755. The zero-order valence-electron chi connectivity index (χ0n) is 21.2. The third kappa shape index (κ3) is 7.15. The molecule has 222 valence electrons. The normalized spacial score (nSPS) is 44.9. The number of aliphatic hydroxyl groups is 5. The topological polar surface area (TPSA) is 297 Å². The van der Waals surface area contributed by atoms with Gasteiger partial charge in [0, 0.05) is 12.6 Å². The number of rotatable bonds is 10. The van der Waals surface area contributed by atoms with Gasteiger partial charge in [0.1, 0.15) is 42.7 Å². The third-order valence-corrected chi connectivity index (χ3v) is 7.37. The Morgan fingerprint density at radius 2 is 1.63 bits per heavy atom. The molecule has 2 heterocycles. The molecule has 0 bridgehead atoms. The maximum atomic E-state index is 12.6. The van der Waals surface area contributed by atoms with Gasteiger partial charge in [-0.15, -0.1) is 0 Å². The van der Waals surface area contributed by atoms with Gasteiger partial charge in [-0.05, 0) is 32.2 Å². The summed E-state index contributed by atoms with van der Waals surface area (Å²) in [6.07, 6.45) is -10.8. The van der Waals surface area contributed by atoms with Crippen LogP contribution >= 0.6 is 0 Å². The molecular formula is C22H44N6O10. The van der Waals surface area contributed by atoms with E-state index in [-0.39, 0.29) is 32.0 Å². The minimum Gasteiger partial charge on any atom is -0.394 e. The Balaban J connectivity index is 1.82. The van der Waals surface area contributed by atoms with E-state index in [9.17, 15) is 30.3 Å². The third-order valence-electron chi connectivity index (χ3n) is 7.37. The van der Waals surface area contributed by atoms with Gasteiger partial charge >= 0.3 is 0 Å². The molecular weight excluding hydrogens is 508 g/mol. The lowest BCUT2D eigenvalue weighted by molar-refractivity contribution is -0.314. The molecule has 3 fully saturated rings. The van der Waals surface area contributed by atoms with Crippen molar-refractivity contribution in [2.45, 2.75) is 111 Å². The van der Waals surface area contributed by atoms with E-state index < -0.39 is 92.0 Å². The Morgan fingerprint density at radius 3 is 2.26 bits per heavy atom. The molecule has 0 aromatic rings. The fourth-order valence-corrected chi connectivity index (χ4v) is 5.02. The van der Waals surface area contributed by atoms with Gasteiger partial charge < -0.3 is 78.5 Å². The van der Waals surface area contributed by atoms with E-state index in [0.29, 0.717) is 12.8 Å². The standard InChI is InChI=1S/C22H44N6O10/c23-4-3-12(30)20(34)28-11-5-10(26)18(37-21-9(25)2-1-8(6-24)35-21)17(33)19(11)38-22-16(32)14(27)15(31)13(7-29)36-22/h8-19,21-22,29-33H,1-7,23-27H2,(H,28,34)/t8-,9?,10-,11+,12-,13+,14-,15+,16+,17+,18+,19-,21?,22+/m0/s1. The molecule has 2 aliphatic heterocycles. The number of amides is 1. The molecule has 0 aromatic heterocycles. The van der Waals surface area contributed by atoms with Crippen LogP contribution in [0.3, 0.4) is 0 Å². The van der Waals surface area contributed by atoms with Crippen LogP contribution in [0.1, 0.15) is 25.7 Å². The van der Waals surface area contributed by atoms with Gasteiger partial charge in [-0.3, -0.25) is 4.79 Å². The van der Waals surface area contributed by atoms with Crippen molar-refractivity contribution in [2.24, 2.45) is 28.7 Å². The summed E-state index contributed by atoms with van der Waals surface area (Å²) < 4.78 is 23.3. The first-order valence-corrected chi connectivity index (χ1v) is 12.9. The summed E-state index contributed by atoms with van der Waals surface area (Å²) in [4.78, 5) is 12.6. The molecule has 2 unspecified atom stereocenters. The van der Waals surface area contributed by atoms with Gasteiger partial charge in [0.25, 0.3) is 0 Å². The predicted molar refractivity (Wildman–Crippen MR) is 131 cm³/mol. The monoisotopic (exact) mass is 552 g/mol. The lowest BCUT2D eigenvalue weighted by Gasteiger charge is -2.48. The molecule has 38 heavy (non-hydrogen) atoms. The molecule has 0 aromatic carbocycles. The van der Waals surface area contributed by atoms with Gasteiger partial charge in [-0.25, -0.2) is 0 Å². The van der Waals surface area contributed by atoms with Crippen LogP contribution in [-0.4, -0.2) is 137 Å². The van der Waals surface area contributed by atoms with Crippen molar-refractivity contribution < 1.29 is 49.3 Å². The van der Waals surface area contributed by atoms with Gasteiger partial charge in [0.05, 0.1) is 30.8 Å². The zero-order chi connectivity index (χ0) is 28.1. The van der Waals surface area contributed by atoms with E-state index in [2.05, 4.69) is 5.32 Å². The van der Waals surface area contributed by atoms with Crippen LogP contribution in [0.5, 0.6) is 0 Å². The molecule has 16 nitrogen and oxygen atoms in total. The Labute approximate surface area is 220 Å². The number of carbonyl (C=O) groups is 1. The van der Waals surface area contributed by atoms with Crippen molar-refractivity contribution in [3.63, 3.8) is 0 Å². The van der Waals surface area contributed by atoms with Gasteiger partial charge in [0.2, 0.25) is 5.91 Å². The van der Waals surface area contributed by atoms with Crippen molar-refractivity contribution in [1.29, 1.82) is 0 Å². The van der Waals surface area contributed by atoms with Crippen molar-refractivity contribution in [3.8, 4) is 0 Å². The minimum absolute atomic E-state index is 0.000983. The maximum Gasteiger partial charge on any atom is 0.249 e. The first-order valence-electron chi connectivity index (χ1n) is 12.9. The minimum atomic E-state index is -1.55. The quantitative estimate of drug-likeness (QED) is 0.120. The summed E-state index contributed by atoms with van der Waals surface area (Å²) in [5, 5.41) is 54.4. The molecule has 3 aliphatic rings. The van der Waals surface area contributed by atoms with Crippen LogP contribution < -0.4 is 34.0 Å². The van der Waals surface area contributed by atoms with Gasteiger partial charge in [-0.1, -0.05) is 0 Å². The second-order valence-electron chi connectivity index (χ2n) is 10.2. The summed E-state index contributed by atoms with van der Waals surface area (Å²) >= 11 is 0. The Kier molecular flexibility index (Phi) is 11.6. The van der Waals surface area contributed by atoms with E-state index in [0.717, 1.165) is 0 Å². The molecule has 16 heteroatoms. The lowest BCUT2D eigenvalue weighted by Crippen LogP contribution is -2.69. The van der Waals surface area contributed by atoms with E-state index >= 15 is 0 Å². The van der Waals surface area contributed by atoms with E-state index in [1.165, 1.54) is 0 Å². The highest BCUT2D eigenvalue weighted by Crippen LogP contribution is 2.31. The lowest BCUT2D eigenvalue weighted by atomic mass is 9.83. The largest absolute Gasteiger partial charge is 0.394 e. The molecule has 3 rings (SSSR count). The van der Waals surface area contributed by atoms with Crippen LogP contribution in [0.4, 0.5) is 0 Å². The second-order valence-corrected chi connectivity index (χ2v) is 10.2. The van der Waals surface area contributed by atoms with Crippen LogP contribution in [0.2, 0.25) is 0 Å². The van der Waals surface area contributed by atoms with Crippen LogP contribution in [0, 0.1) is 0 Å². The number of hydrogen-bond acceptors (Lipinski definition) is 15. The summed E-state index contributed by atoms with van der Waals surface area (Å²) in [5.41, 5.74) is 29.6. The van der Waals surface area contributed by atoms with Crippen LogP contribution in [-0.2, 0) is 23.7 Å². The van der Waals surface area contributed by atoms with Crippen LogP contribution in [0.15, 0.2) is 0 Å². The highest BCUT2D eigenvalue weighted by molar-refractivity contribution is 5.80. The number of ether oxygens (including phenoxy) is 4. The molecule has 2 saturated heterocycles. The predicted octanol–water partition coefficient (Wildman–Crippen LogP) is -6.40. The Morgan fingerprint density at radius 1 is 0.947 bits per heavy atom. The number of carbonyl (C=O) groups excluding carboxylic acids is 1. The van der Waals surface area contributed by atoms with Crippen molar-refractivity contribution in [2.75, 3.05) is 19.7 Å². The van der Waals surface area contributed by atoms with Crippen molar-refractivity contribution >= 4 is 5.91 Å². The molecule has 14 atom stereocenters. The molecule has 1 saturated carbocycles. The Hall–Kier alpha value is -1.09. The van der Waals surface area contributed by atoms with E-state index in [1.54, 1.807) is 0 Å². The second kappa shape index (κ2) is 14.0. The number of nitrogens with one attached hydrogen (secondary N) is 1. The van der Waals surface area contributed by atoms with Crippen molar-refractivity contribution in [1.82, 2.24) is 5.32 Å². The fourth-order valence-electron chi connectivity index (χ4n) is 5.02. The van der Waals surface area contributed by atoms with Gasteiger partial charge in [-0.2, -0.15) is 0 Å². The highest BCUT2D eigenvalue weighted by atomic mass is 16.7. The number of nitrogens with two attached hydrogens (primary N) is 5. The number of aliphatic hydroxyl groups excluding tert-OH is 5. The van der Waals surface area contributed by atoms with Gasteiger partial charge in [0.15, 0.2) is 12.6 Å². The summed E-state index contributed by atoms with van der Waals surface area (Å²) in [7, 11) is 0. The highest BCUT2D eigenvalue weighted by Gasteiger charge is 2.51. The smallest absolute Gasteiger partial charge is 0.249 e. The average molecular weight is 553 g/mol. The SMILES string of the molecule is NCC[C@H](O)C(=O)N[C@@H]1C[C@H](N)[C@@H](OC2O[C@H](CN)CCC2N)[C@@H](O)[C@H]1O[C@H]1O[C@H](CO)[C@@H](O)[C@H](N)[C@H]1O. The maximum absolute atomic E-state index is 12.6. The van der Waals surface area contributed by atoms with Crippen molar-refractivity contribution in [3.05, 3.63) is 0 Å². The molecule has 16 N–H and O–H groups in total. The average Bonchev–Trinajstić information content (AvgIpc) is 2.89.